The highest BCUT2D eigenvalue weighted by Crippen LogP contribution is 2.40. The number of halogens is 2. The summed E-state index contributed by atoms with van der Waals surface area (Å²) in [6, 6.07) is 9.61. The number of aromatic nitrogens is 3. The molecule has 198 valence electrons. The van der Waals surface area contributed by atoms with Crippen molar-refractivity contribution in [3.63, 3.8) is 0 Å². The van der Waals surface area contributed by atoms with Crippen LogP contribution in [0, 0.1) is 11.6 Å². The summed E-state index contributed by atoms with van der Waals surface area (Å²) >= 11 is 1.49. The highest BCUT2D eigenvalue weighted by Gasteiger charge is 2.26. The summed E-state index contributed by atoms with van der Waals surface area (Å²) in [5, 5.41) is 3.74. The Labute approximate surface area is 224 Å². The van der Waals surface area contributed by atoms with E-state index in [0.717, 1.165) is 42.3 Å². The molecule has 2 aromatic heterocycles. The van der Waals surface area contributed by atoms with Crippen LogP contribution in [-0.4, -0.2) is 59.2 Å². The molecule has 38 heavy (non-hydrogen) atoms. The predicted molar refractivity (Wildman–Crippen MR) is 148 cm³/mol. The van der Waals surface area contributed by atoms with Crippen LogP contribution < -0.4 is 15.0 Å². The lowest BCUT2D eigenvalue weighted by molar-refractivity contribution is 0.255. The highest BCUT2D eigenvalue weighted by molar-refractivity contribution is 7.22. The summed E-state index contributed by atoms with van der Waals surface area (Å²) in [7, 11) is 2.16. The van der Waals surface area contributed by atoms with E-state index in [1.807, 2.05) is 18.7 Å². The molecule has 0 radical (unpaired) electrons. The first-order valence-corrected chi connectivity index (χ1v) is 13.8. The normalized spacial score (nSPS) is 16.6. The van der Waals surface area contributed by atoms with Crippen LogP contribution in [0.1, 0.15) is 38.2 Å². The quantitative estimate of drug-likeness (QED) is 0.326. The maximum Gasteiger partial charge on any atom is 0.229 e. The minimum atomic E-state index is -0.630. The van der Waals surface area contributed by atoms with Crippen molar-refractivity contribution in [1.82, 2.24) is 19.9 Å². The molecule has 4 heterocycles. The first kappa shape index (κ1) is 24.9. The Morgan fingerprint density at radius 1 is 1.05 bits per heavy atom. The third-order valence-electron chi connectivity index (χ3n) is 7.37. The van der Waals surface area contributed by atoms with Gasteiger partial charge in [-0.1, -0.05) is 17.4 Å². The largest absolute Gasteiger partial charge is 0.486 e. The molecule has 0 aliphatic carbocycles. The lowest BCUT2D eigenvalue weighted by atomic mass is 9.89. The maximum absolute atomic E-state index is 15.0. The van der Waals surface area contributed by atoms with Gasteiger partial charge in [0.15, 0.2) is 22.5 Å². The number of hydrogen-bond acceptors (Lipinski definition) is 8. The van der Waals surface area contributed by atoms with Gasteiger partial charge in [0, 0.05) is 11.6 Å². The molecule has 0 amide bonds. The van der Waals surface area contributed by atoms with Gasteiger partial charge in [-0.3, -0.25) is 5.32 Å². The van der Waals surface area contributed by atoms with Crippen molar-refractivity contribution < 1.29 is 13.5 Å². The summed E-state index contributed by atoms with van der Waals surface area (Å²) in [5.41, 5.74) is 3.18. The number of ether oxygens (including phenoxy) is 1. The third-order valence-corrected chi connectivity index (χ3v) is 8.33. The number of nitrogens with one attached hydrogen (secondary N) is 1. The summed E-state index contributed by atoms with van der Waals surface area (Å²) in [4.78, 5) is 17.7. The fourth-order valence-electron chi connectivity index (χ4n) is 5.29. The van der Waals surface area contributed by atoms with Crippen LogP contribution in [0.15, 0.2) is 36.5 Å². The number of rotatable bonds is 5. The molecule has 6 rings (SSSR count). The van der Waals surface area contributed by atoms with E-state index >= 15 is 0 Å². The van der Waals surface area contributed by atoms with Gasteiger partial charge in [-0.25, -0.2) is 23.7 Å². The fraction of sp³-hybridized carbons (Fsp3) is 0.393. The van der Waals surface area contributed by atoms with Crippen LogP contribution in [0.4, 0.5) is 25.5 Å². The Balaban J connectivity index is 1.28. The molecule has 0 bridgehead atoms. The fourth-order valence-corrected chi connectivity index (χ4v) is 6.13. The molecule has 1 saturated heterocycles. The van der Waals surface area contributed by atoms with Gasteiger partial charge in [-0.05, 0) is 82.6 Å². The molecule has 0 spiro atoms. The van der Waals surface area contributed by atoms with E-state index in [1.165, 1.54) is 23.0 Å². The van der Waals surface area contributed by atoms with Crippen LogP contribution in [0.2, 0.25) is 0 Å². The van der Waals surface area contributed by atoms with E-state index in [-0.39, 0.29) is 23.4 Å². The molecule has 10 heteroatoms. The monoisotopic (exact) mass is 536 g/mol. The highest BCUT2D eigenvalue weighted by atomic mass is 32.1. The predicted octanol–water partition coefficient (Wildman–Crippen LogP) is 6.19. The summed E-state index contributed by atoms with van der Waals surface area (Å²) < 4.78 is 36.5. The lowest BCUT2D eigenvalue weighted by Crippen LogP contribution is -2.38. The Bertz CT molecular complexity index is 1480. The number of thiazole rings is 1. The minimum Gasteiger partial charge on any atom is -0.486 e. The van der Waals surface area contributed by atoms with Crippen molar-refractivity contribution in [1.29, 1.82) is 0 Å². The van der Waals surface area contributed by atoms with Gasteiger partial charge in [-0.2, -0.15) is 0 Å². The molecule has 2 aromatic carbocycles. The van der Waals surface area contributed by atoms with Crippen molar-refractivity contribution in [3.05, 3.63) is 53.7 Å². The molecule has 0 atom stereocenters. The van der Waals surface area contributed by atoms with Gasteiger partial charge >= 0.3 is 0 Å². The van der Waals surface area contributed by atoms with Gasteiger partial charge in [0.2, 0.25) is 5.95 Å². The van der Waals surface area contributed by atoms with Crippen molar-refractivity contribution in [2.75, 3.05) is 43.5 Å². The number of fused-ring (bicyclic) bond motifs is 2. The number of piperidine rings is 1. The first-order valence-electron chi connectivity index (χ1n) is 13.0. The van der Waals surface area contributed by atoms with Crippen molar-refractivity contribution in [3.8, 4) is 17.0 Å². The molecule has 2 aliphatic rings. The number of likely N-dealkylation sites (tertiary alicyclic amines) is 1. The Morgan fingerprint density at radius 2 is 1.87 bits per heavy atom. The van der Waals surface area contributed by atoms with Crippen LogP contribution in [0.5, 0.6) is 5.75 Å². The maximum atomic E-state index is 15.0. The third kappa shape index (κ3) is 4.78. The van der Waals surface area contributed by atoms with E-state index in [0.29, 0.717) is 35.5 Å². The zero-order chi connectivity index (χ0) is 26.4. The average Bonchev–Trinajstić information content (AvgIpc) is 3.31. The van der Waals surface area contributed by atoms with E-state index in [1.54, 1.807) is 6.07 Å². The van der Waals surface area contributed by atoms with Crippen LogP contribution >= 0.6 is 11.3 Å². The molecule has 0 unspecified atom stereocenters. The van der Waals surface area contributed by atoms with E-state index < -0.39 is 11.6 Å². The average molecular weight is 537 g/mol. The van der Waals surface area contributed by atoms with Crippen LogP contribution in [0.3, 0.4) is 0 Å². The van der Waals surface area contributed by atoms with Crippen LogP contribution in [-0.2, 0) is 0 Å². The van der Waals surface area contributed by atoms with Gasteiger partial charge in [0.1, 0.15) is 12.3 Å². The van der Waals surface area contributed by atoms with Gasteiger partial charge in [0.05, 0.1) is 28.6 Å². The first-order chi connectivity index (χ1) is 18.4. The summed E-state index contributed by atoms with van der Waals surface area (Å²) in [6.45, 7) is 7.30. The van der Waals surface area contributed by atoms with Crippen molar-refractivity contribution >= 4 is 38.3 Å². The van der Waals surface area contributed by atoms with Gasteiger partial charge < -0.3 is 14.5 Å². The zero-order valence-corrected chi connectivity index (χ0v) is 22.5. The molecular formula is C28H30F2N6OS. The molecule has 1 N–H and O–H groups in total. The molecular weight excluding hydrogens is 506 g/mol. The Kier molecular flexibility index (Phi) is 6.61. The molecule has 1 fully saturated rings. The lowest BCUT2D eigenvalue weighted by Gasteiger charge is -2.34. The van der Waals surface area contributed by atoms with Gasteiger partial charge in [0.25, 0.3) is 0 Å². The summed E-state index contributed by atoms with van der Waals surface area (Å²) in [6.07, 6.45) is 3.39. The molecule has 2 aliphatic heterocycles. The second kappa shape index (κ2) is 10.1. The van der Waals surface area contributed by atoms with E-state index in [4.69, 9.17) is 9.72 Å². The van der Waals surface area contributed by atoms with Crippen molar-refractivity contribution in [2.24, 2.45) is 0 Å². The van der Waals surface area contributed by atoms with Crippen molar-refractivity contribution in [2.45, 2.75) is 38.6 Å². The molecule has 4 aromatic rings. The zero-order valence-electron chi connectivity index (χ0n) is 21.7. The number of hydrogen-bond donors (Lipinski definition) is 1. The SMILES string of the molecule is CC(C)N1CCOc2c(F)cc(-c3nc(Nc4nc5cc(C6CCN(C)CC6)ccc5s4)ncc3F)cc21. The van der Waals surface area contributed by atoms with Gasteiger partial charge in [-0.15, -0.1) is 0 Å². The Morgan fingerprint density at radius 3 is 2.66 bits per heavy atom. The number of nitrogens with zero attached hydrogens (tertiary/aromatic N) is 5. The summed E-state index contributed by atoms with van der Waals surface area (Å²) in [5.74, 6) is -0.232. The standard InChI is InChI=1S/C28H30F2N6OS/c1-16(2)36-10-11-37-26-20(29)12-19(14-23(26)36)25-21(30)15-31-27(33-25)34-28-32-22-13-18(4-5-24(22)38-28)17-6-8-35(3)9-7-17/h4-5,12-17H,6-11H2,1-3H3,(H,31,32,33,34). The van der Waals surface area contributed by atoms with E-state index in [9.17, 15) is 8.78 Å². The second-order valence-corrected chi connectivity index (χ2v) is 11.3. The van der Waals surface area contributed by atoms with E-state index in [2.05, 4.69) is 45.4 Å². The number of anilines is 3. The number of benzene rings is 2. The molecule has 0 saturated carbocycles. The Hall–Kier alpha value is -3.37. The smallest absolute Gasteiger partial charge is 0.229 e. The minimum absolute atomic E-state index is 0.0177. The second-order valence-electron chi connectivity index (χ2n) is 10.3. The molecule has 7 nitrogen and oxygen atoms in total. The van der Waals surface area contributed by atoms with Crippen LogP contribution in [0.25, 0.3) is 21.5 Å². The topological polar surface area (TPSA) is 66.4 Å².